The number of Topliss-reactive ketones (excluding diaryl/α,β-unsaturated/α-hetero) is 1. The molecule has 3 aromatic rings. The van der Waals surface area contributed by atoms with Crippen molar-refractivity contribution in [2.45, 2.75) is 31.4 Å². The molecule has 0 saturated carbocycles. The van der Waals surface area contributed by atoms with Crippen molar-refractivity contribution in [3.8, 4) is 5.75 Å². The van der Waals surface area contributed by atoms with E-state index >= 15 is 0 Å². The fourth-order valence-electron chi connectivity index (χ4n) is 5.13. The van der Waals surface area contributed by atoms with E-state index in [1.807, 2.05) is 0 Å². The number of benzene rings is 2. The van der Waals surface area contributed by atoms with Gasteiger partial charge in [0.2, 0.25) is 0 Å². The zero-order valence-electron chi connectivity index (χ0n) is 18.1. The van der Waals surface area contributed by atoms with Gasteiger partial charge in [-0.1, -0.05) is 24.3 Å². The van der Waals surface area contributed by atoms with Crippen LogP contribution in [0.4, 0.5) is 0 Å². The molecule has 0 amide bonds. The van der Waals surface area contributed by atoms with Crippen LogP contribution < -0.4 is 4.74 Å². The lowest BCUT2D eigenvalue weighted by molar-refractivity contribution is -0.131. The zero-order valence-corrected chi connectivity index (χ0v) is 18.1. The number of fused-ring (bicyclic) bond motifs is 2. The van der Waals surface area contributed by atoms with Crippen LogP contribution in [0.2, 0.25) is 0 Å². The van der Waals surface area contributed by atoms with Gasteiger partial charge in [-0.3, -0.25) is 9.69 Å². The number of carboxylic acids is 1. The third-order valence-electron chi connectivity index (χ3n) is 6.52. The Labute approximate surface area is 186 Å². The highest BCUT2D eigenvalue weighted by atomic mass is 16.5. The Hall–Kier alpha value is -3.38. The second-order valence-electron chi connectivity index (χ2n) is 8.91. The predicted octanol–water partition coefficient (Wildman–Crippen LogP) is 4.28. The number of para-hydroxylation sites is 1. The molecule has 164 valence electrons. The van der Waals surface area contributed by atoms with E-state index in [1.165, 1.54) is 22.5 Å². The number of ether oxygens (including phenoxy) is 1. The maximum absolute atomic E-state index is 13.1. The number of aliphatic carboxylic acids is 1. The summed E-state index contributed by atoms with van der Waals surface area (Å²) in [5.41, 5.74) is 3.22. The van der Waals surface area contributed by atoms with Gasteiger partial charge in [-0.2, -0.15) is 0 Å². The van der Waals surface area contributed by atoms with Gasteiger partial charge >= 0.3 is 5.97 Å². The molecule has 1 N–H and O–H groups in total. The molecule has 2 aliphatic rings. The van der Waals surface area contributed by atoms with Gasteiger partial charge in [0, 0.05) is 43.3 Å². The van der Waals surface area contributed by atoms with Crippen LogP contribution in [0.5, 0.6) is 5.75 Å². The Morgan fingerprint density at radius 1 is 1.25 bits per heavy atom. The molecule has 1 unspecified atom stereocenters. The van der Waals surface area contributed by atoms with Gasteiger partial charge in [-0.05, 0) is 54.8 Å². The second kappa shape index (κ2) is 7.95. The summed E-state index contributed by atoms with van der Waals surface area (Å²) in [6.07, 6.45) is 6.94. The molecule has 0 radical (unpaired) electrons. The van der Waals surface area contributed by atoms with Crippen LogP contribution in [0.3, 0.4) is 0 Å². The number of aryl methyl sites for hydroxylation is 1. The molecule has 32 heavy (non-hydrogen) atoms. The summed E-state index contributed by atoms with van der Waals surface area (Å²) in [7, 11) is 2.07. The van der Waals surface area contributed by atoms with Crippen molar-refractivity contribution < 1.29 is 19.4 Å². The van der Waals surface area contributed by atoms with Crippen LogP contribution in [0.25, 0.3) is 17.0 Å². The highest BCUT2D eigenvalue weighted by molar-refractivity contribution is 6.01. The lowest BCUT2D eigenvalue weighted by Gasteiger charge is -2.45. The number of likely N-dealkylation sites (tertiary alicyclic amines) is 1. The standard InChI is InChI=1S/C26H26N2O4/c1-27-15-19(20-5-2-3-6-22(20)27)16-28-12-4-11-26(17-28)14-23(29)21-13-18(8-10-25(30)31)7-9-24(21)32-26/h2-3,5-10,13,15H,4,11-12,14,16-17H2,1H3,(H,30,31). The highest BCUT2D eigenvalue weighted by Gasteiger charge is 2.43. The molecule has 0 aliphatic carbocycles. The van der Waals surface area contributed by atoms with Gasteiger partial charge < -0.3 is 14.4 Å². The molecular formula is C26H26N2O4. The average molecular weight is 431 g/mol. The molecule has 3 heterocycles. The number of hydrogen-bond acceptors (Lipinski definition) is 4. The SMILES string of the molecule is Cn1cc(CN2CCCC3(CC(=O)c4cc(C=CC(=O)O)ccc4O3)C2)c2ccccc21. The quantitative estimate of drug-likeness (QED) is 0.626. The van der Waals surface area contributed by atoms with Crippen molar-refractivity contribution in [3.05, 3.63) is 71.4 Å². The number of carboxylic acid groups (broad SMARTS) is 1. The van der Waals surface area contributed by atoms with Gasteiger partial charge in [0.1, 0.15) is 11.4 Å². The first-order chi connectivity index (χ1) is 15.4. The number of hydrogen-bond donors (Lipinski definition) is 1. The van der Waals surface area contributed by atoms with E-state index in [2.05, 4.69) is 47.0 Å². The first-order valence-corrected chi connectivity index (χ1v) is 11.0. The Balaban J connectivity index is 1.37. The molecule has 1 aromatic heterocycles. The Bertz CT molecular complexity index is 1240. The maximum Gasteiger partial charge on any atom is 0.328 e. The predicted molar refractivity (Wildman–Crippen MR) is 123 cm³/mol. The van der Waals surface area contributed by atoms with Crippen molar-refractivity contribution in [1.82, 2.24) is 9.47 Å². The number of carbonyl (C=O) groups is 2. The molecule has 2 aromatic carbocycles. The average Bonchev–Trinajstić information content (AvgIpc) is 3.08. The zero-order chi connectivity index (χ0) is 22.3. The normalized spacial score (nSPS) is 21.2. The number of piperidine rings is 1. The monoisotopic (exact) mass is 430 g/mol. The van der Waals surface area contributed by atoms with Gasteiger partial charge in [-0.15, -0.1) is 0 Å². The highest BCUT2D eigenvalue weighted by Crippen LogP contribution is 2.39. The number of rotatable bonds is 4. The van der Waals surface area contributed by atoms with Crippen LogP contribution in [0, 0.1) is 0 Å². The summed E-state index contributed by atoms with van der Waals surface area (Å²) in [5.74, 6) is -0.359. The van der Waals surface area contributed by atoms with Crippen molar-refractivity contribution in [3.63, 3.8) is 0 Å². The van der Waals surface area contributed by atoms with E-state index < -0.39 is 11.6 Å². The summed E-state index contributed by atoms with van der Waals surface area (Å²) >= 11 is 0. The lowest BCUT2D eigenvalue weighted by atomic mass is 9.83. The molecule has 2 aliphatic heterocycles. The largest absolute Gasteiger partial charge is 0.485 e. The van der Waals surface area contributed by atoms with Gasteiger partial charge in [0.25, 0.3) is 0 Å². The Morgan fingerprint density at radius 3 is 2.94 bits per heavy atom. The molecular weight excluding hydrogens is 404 g/mol. The van der Waals surface area contributed by atoms with Gasteiger partial charge in [0.15, 0.2) is 5.78 Å². The molecule has 6 nitrogen and oxygen atoms in total. The van der Waals surface area contributed by atoms with Crippen LogP contribution in [-0.2, 0) is 18.4 Å². The van der Waals surface area contributed by atoms with Crippen LogP contribution in [-0.4, -0.2) is 45.0 Å². The molecule has 0 bridgehead atoms. The number of aromatic nitrogens is 1. The molecule has 1 saturated heterocycles. The molecule has 1 fully saturated rings. The summed E-state index contributed by atoms with van der Waals surface area (Å²) in [5, 5.41) is 10.1. The smallest absolute Gasteiger partial charge is 0.328 e. The minimum Gasteiger partial charge on any atom is -0.485 e. The summed E-state index contributed by atoms with van der Waals surface area (Å²) in [6, 6.07) is 13.7. The van der Waals surface area contributed by atoms with Crippen LogP contribution in [0.1, 0.15) is 40.7 Å². The third-order valence-corrected chi connectivity index (χ3v) is 6.52. The van der Waals surface area contributed by atoms with E-state index in [4.69, 9.17) is 9.84 Å². The van der Waals surface area contributed by atoms with Crippen molar-refractivity contribution in [2.75, 3.05) is 13.1 Å². The maximum atomic E-state index is 13.1. The van der Waals surface area contributed by atoms with Gasteiger partial charge in [0.05, 0.1) is 12.0 Å². The van der Waals surface area contributed by atoms with E-state index in [0.717, 1.165) is 32.0 Å². The number of carbonyl (C=O) groups excluding carboxylic acids is 1. The van der Waals surface area contributed by atoms with Crippen LogP contribution >= 0.6 is 0 Å². The summed E-state index contributed by atoms with van der Waals surface area (Å²) in [6.45, 7) is 2.52. The molecule has 1 spiro atoms. The molecule has 1 atom stereocenters. The van der Waals surface area contributed by atoms with E-state index in [9.17, 15) is 9.59 Å². The molecule has 6 heteroatoms. The lowest BCUT2D eigenvalue weighted by Crippen LogP contribution is -2.54. The van der Waals surface area contributed by atoms with E-state index in [-0.39, 0.29) is 5.78 Å². The third kappa shape index (κ3) is 3.82. The second-order valence-corrected chi connectivity index (χ2v) is 8.91. The van der Waals surface area contributed by atoms with Crippen molar-refractivity contribution in [1.29, 1.82) is 0 Å². The Morgan fingerprint density at radius 2 is 2.09 bits per heavy atom. The molecule has 5 rings (SSSR count). The fraction of sp³-hybridized carbons (Fsp3) is 0.308. The van der Waals surface area contributed by atoms with Crippen LogP contribution in [0.15, 0.2) is 54.7 Å². The van der Waals surface area contributed by atoms with E-state index in [1.54, 1.807) is 18.2 Å². The van der Waals surface area contributed by atoms with Crippen molar-refractivity contribution in [2.24, 2.45) is 7.05 Å². The topological polar surface area (TPSA) is 71.8 Å². The minimum atomic E-state index is -1.02. The Kier molecular flexibility index (Phi) is 5.10. The van der Waals surface area contributed by atoms with Gasteiger partial charge in [-0.25, -0.2) is 4.79 Å². The number of nitrogens with zero attached hydrogens (tertiary/aromatic N) is 2. The first kappa shape index (κ1) is 20.5. The first-order valence-electron chi connectivity index (χ1n) is 11.0. The summed E-state index contributed by atoms with van der Waals surface area (Å²) < 4.78 is 8.63. The fourth-order valence-corrected chi connectivity index (χ4v) is 5.13. The van der Waals surface area contributed by atoms with E-state index in [0.29, 0.717) is 29.8 Å². The summed E-state index contributed by atoms with van der Waals surface area (Å²) in [4.78, 5) is 26.2. The number of ketones is 1. The van der Waals surface area contributed by atoms with Crippen molar-refractivity contribution >= 4 is 28.7 Å². The minimum absolute atomic E-state index is 0.0591.